The van der Waals surface area contributed by atoms with Crippen LogP contribution in [-0.4, -0.2) is 38.0 Å². The molecule has 0 spiro atoms. The molecule has 0 aromatic heterocycles. The first-order valence-corrected chi connectivity index (χ1v) is 6.43. The van der Waals surface area contributed by atoms with E-state index in [0.717, 1.165) is 19.2 Å². The normalized spacial score (nSPS) is 14.0. The number of ether oxygens (including phenoxy) is 2. The van der Waals surface area contributed by atoms with E-state index in [1.54, 1.807) is 0 Å². The van der Waals surface area contributed by atoms with Crippen LogP contribution in [0.15, 0.2) is 24.3 Å². The van der Waals surface area contributed by atoms with Gasteiger partial charge in [0.15, 0.2) is 17.4 Å². The third kappa shape index (κ3) is 5.10. The Morgan fingerprint density at radius 2 is 1.56 bits per heavy atom. The summed E-state index contributed by atoms with van der Waals surface area (Å²) in [5.74, 6) is -11.3. The summed E-state index contributed by atoms with van der Waals surface area (Å²) in [7, 11) is 1.16. The summed E-state index contributed by atoms with van der Waals surface area (Å²) < 4.78 is 110. The van der Waals surface area contributed by atoms with Crippen molar-refractivity contribution in [3.63, 3.8) is 0 Å². The summed E-state index contributed by atoms with van der Waals surface area (Å²) in [4.78, 5) is 11.1. The molecule has 1 atom stereocenters. The molecule has 25 heavy (non-hydrogen) atoms. The largest absolute Gasteiger partial charge is 0.489 e. The van der Waals surface area contributed by atoms with Crippen LogP contribution in [0.2, 0.25) is 0 Å². The van der Waals surface area contributed by atoms with E-state index in [1.807, 2.05) is 5.32 Å². The molecule has 1 rings (SSSR count). The average molecular weight is 381 g/mol. The van der Waals surface area contributed by atoms with Gasteiger partial charge in [0.05, 0.1) is 0 Å². The van der Waals surface area contributed by atoms with Crippen molar-refractivity contribution in [2.75, 3.05) is 13.7 Å². The first-order valence-electron chi connectivity index (χ1n) is 6.43. The highest BCUT2D eigenvalue weighted by atomic mass is 19.4. The number of carbonyl (C=O) groups excluding carboxylic acids is 1. The molecule has 142 valence electrons. The quantitative estimate of drug-likeness (QED) is 0.780. The van der Waals surface area contributed by atoms with Crippen molar-refractivity contribution in [3.05, 3.63) is 24.3 Å². The number of halogens is 8. The number of nitrogens with one attached hydrogen (secondary N) is 1. The summed E-state index contributed by atoms with van der Waals surface area (Å²) in [6, 6.07) is 4.46. The molecule has 0 fully saturated rings. The Bertz CT molecular complexity index is 600. The van der Waals surface area contributed by atoms with Crippen LogP contribution >= 0.6 is 0 Å². The highest BCUT2D eigenvalue weighted by molar-refractivity contribution is 5.70. The van der Waals surface area contributed by atoms with Crippen molar-refractivity contribution in [1.29, 1.82) is 0 Å². The predicted octanol–water partition coefficient (Wildman–Crippen LogP) is 4.16. The van der Waals surface area contributed by atoms with Crippen LogP contribution in [0.3, 0.4) is 0 Å². The van der Waals surface area contributed by atoms with Gasteiger partial charge in [-0.15, -0.1) is 0 Å². The van der Waals surface area contributed by atoms with E-state index in [4.69, 9.17) is 0 Å². The molecule has 0 saturated heterocycles. The second-order valence-corrected chi connectivity index (χ2v) is 4.61. The van der Waals surface area contributed by atoms with Crippen LogP contribution in [0.5, 0.6) is 11.5 Å². The topological polar surface area (TPSA) is 47.6 Å². The average Bonchev–Trinajstić information content (AvgIpc) is 2.46. The maximum Gasteiger partial charge on any atom is 0.454 e. The van der Waals surface area contributed by atoms with Gasteiger partial charge in [0.1, 0.15) is 6.61 Å². The van der Waals surface area contributed by atoms with Gasteiger partial charge in [-0.2, -0.15) is 35.1 Å². The molecule has 12 heteroatoms. The summed E-state index contributed by atoms with van der Waals surface area (Å²) >= 11 is 0. The first kappa shape index (κ1) is 20.8. The maximum atomic E-state index is 13.1. The van der Waals surface area contributed by atoms with Crippen LogP contribution in [0.4, 0.5) is 39.9 Å². The fourth-order valence-electron chi connectivity index (χ4n) is 1.58. The summed E-state index contributed by atoms with van der Waals surface area (Å²) in [6.07, 6.45) is -13.4. The van der Waals surface area contributed by atoms with Gasteiger partial charge in [-0.05, 0) is 12.1 Å². The minimum Gasteiger partial charge on any atom is -0.489 e. The lowest BCUT2D eigenvalue weighted by Gasteiger charge is -2.30. The number of para-hydroxylation sites is 2. The Morgan fingerprint density at radius 3 is 2.00 bits per heavy atom. The lowest BCUT2D eigenvalue weighted by molar-refractivity contribution is -0.348. The Hall–Kier alpha value is -2.27. The number of benzene rings is 1. The van der Waals surface area contributed by atoms with E-state index in [9.17, 15) is 39.9 Å². The van der Waals surface area contributed by atoms with Gasteiger partial charge >= 0.3 is 24.4 Å². The number of amides is 1. The minimum absolute atomic E-state index is 0.460. The molecule has 0 saturated carbocycles. The molecule has 1 unspecified atom stereocenters. The van der Waals surface area contributed by atoms with Crippen LogP contribution < -0.4 is 14.8 Å². The van der Waals surface area contributed by atoms with E-state index in [2.05, 4.69) is 9.47 Å². The zero-order chi connectivity index (χ0) is 19.5. The third-order valence-corrected chi connectivity index (χ3v) is 2.87. The van der Waals surface area contributed by atoms with Gasteiger partial charge in [0.25, 0.3) is 0 Å². The van der Waals surface area contributed by atoms with Crippen LogP contribution in [-0.2, 0) is 0 Å². The first-order chi connectivity index (χ1) is 11.3. The van der Waals surface area contributed by atoms with Gasteiger partial charge in [-0.3, -0.25) is 0 Å². The molecular weight excluding hydrogens is 370 g/mol. The van der Waals surface area contributed by atoms with Crippen molar-refractivity contribution >= 4 is 6.09 Å². The molecule has 4 nitrogen and oxygen atoms in total. The van der Waals surface area contributed by atoms with Crippen molar-refractivity contribution < 1.29 is 49.4 Å². The summed E-state index contributed by atoms with van der Waals surface area (Å²) in [6.45, 7) is -2.04. The molecule has 0 aliphatic heterocycles. The fourth-order valence-corrected chi connectivity index (χ4v) is 1.58. The Balaban J connectivity index is 3.05. The van der Waals surface area contributed by atoms with E-state index < -0.39 is 48.4 Å². The van der Waals surface area contributed by atoms with Crippen molar-refractivity contribution in [2.24, 2.45) is 5.92 Å². The Kier molecular flexibility index (Phi) is 6.08. The Morgan fingerprint density at radius 1 is 1.04 bits per heavy atom. The Labute approximate surface area is 135 Å². The van der Waals surface area contributed by atoms with E-state index >= 15 is 0 Å². The predicted molar refractivity (Wildman–Crippen MR) is 67.6 cm³/mol. The maximum absolute atomic E-state index is 13.1. The highest BCUT2D eigenvalue weighted by Crippen LogP contribution is 2.48. The molecule has 1 aromatic carbocycles. The minimum atomic E-state index is -6.42. The van der Waals surface area contributed by atoms with Crippen molar-refractivity contribution in [2.45, 2.75) is 18.3 Å². The number of hydrogen-bond donors (Lipinski definition) is 1. The molecular formula is C13H11F8NO3. The van der Waals surface area contributed by atoms with Crippen molar-refractivity contribution in [3.8, 4) is 11.5 Å². The number of hydrogen-bond acceptors (Lipinski definition) is 3. The van der Waals surface area contributed by atoms with E-state index in [0.29, 0.717) is 0 Å². The van der Waals surface area contributed by atoms with Gasteiger partial charge in [-0.1, -0.05) is 12.1 Å². The zero-order valence-corrected chi connectivity index (χ0v) is 12.3. The van der Waals surface area contributed by atoms with Crippen LogP contribution in [0.1, 0.15) is 0 Å². The zero-order valence-electron chi connectivity index (χ0n) is 12.3. The van der Waals surface area contributed by atoms with Gasteiger partial charge < -0.3 is 14.8 Å². The van der Waals surface area contributed by atoms with Crippen molar-refractivity contribution in [1.82, 2.24) is 5.32 Å². The molecule has 1 amide bonds. The third-order valence-electron chi connectivity index (χ3n) is 2.87. The fraction of sp³-hybridized carbons (Fsp3) is 0.462. The summed E-state index contributed by atoms with van der Waals surface area (Å²) in [5.41, 5.74) is 0. The van der Waals surface area contributed by atoms with Gasteiger partial charge in [0, 0.05) is 7.05 Å². The lowest BCUT2D eigenvalue weighted by atomic mass is 10.0. The second kappa shape index (κ2) is 7.31. The van der Waals surface area contributed by atoms with Gasteiger partial charge in [0.2, 0.25) is 0 Å². The molecule has 1 N–H and O–H groups in total. The molecule has 0 heterocycles. The number of alkyl halides is 8. The standard InChI is InChI=1S/C13H11F8NO3/c1-22-10(23)25-8-5-3-2-4-7(8)24-6-9(12(16,17)18)11(14,15)13(19,20)21/h2-5,9H,6H2,1H3,(H,22,23). The van der Waals surface area contributed by atoms with E-state index in [1.165, 1.54) is 12.1 Å². The smallest absolute Gasteiger partial charge is 0.454 e. The molecule has 0 radical (unpaired) electrons. The summed E-state index contributed by atoms with van der Waals surface area (Å²) in [5, 5.41) is 2.01. The number of rotatable bonds is 5. The van der Waals surface area contributed by atoms with E-state index in [-0.39, 0.29) is 0 Å². The van der Waals surface area contributed by atoms with Crippen LogP contribution in [0, 0.1) is 5.92 Å². The SMILES string of the molecule is CNC(=O)Oc1ccccc1OCC(C(F)(F)F)C(F)(F)C(F)(F)F. The highest BCUT2D eigenvalue weighted by Gasteiger charge is 2.69. The molecule has 0 aliphatic carbocycles. The molecule has 1 aromatic rings. The lowest BCUT2D eigenvalue weighted by Crippen LogP contribution is -2.52. The monoisotopic (exact) mass is 381 g/mol. The molecule has 0 bridgehead atoms. The number of carbonyl (C=O) groups is 1. The van der Waals surface area contributed by atoms with Crippen LogP contribution in [0.25, 0.3) is 0 Å². The van der Waals surface area contributed by atoms with Gasteiger partial charge in [-0.25, -0.2) is 4.79 Å². The second-order valence-electron chi connectivity index (χ2n) is 4.61. The molecule has 0 aliphatic rings.